The van der Waals surface area contributed by atoms with Crippen molar-refractivity contribution in [1.29, 1.82) is 0 Å². The Kier molecular flexibility index (Phi) is 4.29. The van der Waals surface area contributed by atoms with Crippen LogP contribution in [-0.2, 0) is 13.1 Å². The van der Waals surface area contributed by atoms with Gasteiger partial charge < -0.3 is 9.88 Å². The number of halogens is 1. The van der Waals surface area contributed by atoms with Crippen LogP contribution in [0.15, 0.2) is 30.7 Å². The zero-order valence-electron chi connectivity index (χ0n) is 11.0. The van der Waals surface area contributed by atoms with E-state index in [9.17, 15) is 14.5 Å². The fourth-order valence-electron chi connectivity index (χ4n) is 1.96. The van der Waals surface area contributed by atoms with Gasteiger partial charge in [-0.15, -0.1) is 0 Å². The Morgan fingerprint density at radius 2 is 2.30 bits per heavy atom. The summed E-state index contributed by atoms with van der Waals surface area (Å²) in [7, 11) is 0. The summed E-state index contributed by atoms with van der Waals surface area (Å²) >= 11 is 0. The molecule has 7 heteroatoms. The molecule has 0 radical (unpaired) electrons. The number of hydrogen-bond donors (Lipinski definition) is 1. The number of benzene rings is 1. The Hall–Kier alpha value is -2.44. The third-order valence-corrected chi connectivity index (χ3v) is 2.90. The molecular weight excluding hydrogens is 263 g/mol. The first kappa shape index (κ1) is 14.0. The van der Waals surface area contributed by atoms with E-state index in [0.29, 0.717) is 0 Å². The fraction of sp³-hybridized carbons (Fsp3) is 0.308. The summed E-state index contributed by atoms with van der Waals surface area (Å²) in [5.74, 6) is -0.638. The van der Waals surface area contributed by atoms with Crippen LogP contribution in [0.5, 0.6) is 0 Å². The molecule has 2 rings (SSSR count). The second-order valence-corrected chi connectivity index (χ2v) is 4.32. The highest BCUT2D eigenvalue weighted by molar-refractivity contribution is 5.62. The maximum atomic E-state index is 13.7. The maximum Gasteiger partial charge on any atom is 0.295 e. The predicted octanol–water partition coefficient (Wildman–Crippen LogP) is 2.95. The monoisotopic (exact) mass is 278 g/mol. The number of nitro benzene ring substituents is 1. The van der Waals surface area contributed by atoms with Gasteiger partial charge in [0.15, 0.2) is 5.82 Å². The van der Waals surface area contributed by atoms with E-state index in [1.165, 1.54) is 18.2 Å². The van der Waals surface area contributed by atoms with Crippen LogP contribution >= 0.6 is 0 Å². The molecule has 0 bridgehead atoms. The third-order valence-electron chi connectivity index (χ3n) is 2.90. The molecule has 1 aromatic carbocycles. The van der Waals surface area contributed by atoms with Crippen molar-refractivity contribution in [3.05, 3.63) is 52.3 Å². The second kappa shape index (κ2) is 6.14. The van der Waals surface area contributed by atoms with E-state index in [-0.39, 0.29) is 17.9 Å². The van der Waals surface area contributed by atoms with Gasteiger partial charge in [0.2, 0.25) is 0 Å². The van der Waals surface area contributed by atoms with Gasteiger partial charge in [-0.05, 0) is 12.5 Å². The largest absolute Gasteiger partial charge is 0.371 e. The Bertz CT molecular complexity index is 612. The molecule has 0 unspecified atom stereocenters. The first-order valence-corrected chi connectivity index (χ1v) is 6.29. The minimum absolute atomic E-state index is 0.0956. The molecule has 6 nitrogen and oxygen atoms in total. The number of imidazole rings is 1. The molecule has 1 heterocycles. The highest BCUT2D eigenvalue weighted by Gasteiger charge is 2.17. The van der Waals surface area contributed by atoms with E-state index in [0.717, 1.165) is 18.7 Å². The van der Waals surface area contributed by atoms with E-state index < -0.39 is 10.7 Å². The maximum absolute atomic E-state index is 13.7. The van der Waals surface area contributed by atoms with Crippen molar-refractivity contribution in [3.8, 4) is 0 Å². The number of aryl methyl sites for hydroxylation is 1. The van der Waals surface area contributed by atoms with Crippen LogP contribution in [-0.4, -0.2) is 14.5 Å². The van der Waals surface area contributed by atoms with Gasteiger partial charge in [-0.25, -0.2) is 9.37 Å². The van der Waals surface area contributed by atoms with Gasteiger partial charge in [-0.3, -0.25) is 10.1 Å². The molecule has 0 saturated carbocycles. The minimum atomic E-state index is -0.638. The van der Waals surface area contributed by atoms with Crippen LogP contribution in [0.2, 0.25) is 0 Å². The molecule has 1 aromatic heterocycles. The number of rotatable bonds is 6. The average Bonchev–Trinajstić information content (AvgIpc) is 2.85. The van der Waals surface area contributed by atoms with E-state index in [1.54, 1.807) is 12.5 Å². The summed E-state index contributed by atoms with van der Waals surface area (Å²) in [5, 5.41) is 13.7. The number of anilines is 1. The van der Waals surface area contributed by atoms with E-state index in [2.05, 4.69) is 10.3 Å². The zero-order chi connectivity index (χ0) is 14.5. The van der Waals surface area contributed by atoms with Gasteiger partial charge in [0.1, 0.15) is 5.69 Å². The molecule has 1 N–H and O–H groups in total. The normalized spacial score (nSPS) is 10.5. The molecule has 0 amide bonds. The lowest BCUT2D eigenvalue weighted by Crippen LogP contribution is -2.09. The van der Waals surface area contributed by atoms with E-state index in [1.807, 2.05) is 11.5 Å². The lowest BCUT2D eigenvalue weighted by molar-refractivity contribution is -0.384. The van der Waals surface area contributed by atoms with Crippen molar-refractivity contribution in [2.24, 2.45) is 0 Å². The molecule has 20 heavy (non-hydrogen) atoms. The Balaban J connectivity index is 2.18. The fourth-order valence-corrected chi connectivity index (χ4v) is 1.96. The van der Waals surface area contributed by atoms with Gasteiger partial charge in [-0.1, -0.05) is 13.0 Å². The van der Waals surface area contributed by atoms with E-state index >= 15 is 0 Å². The van der Waals surface area contributed by atoms with Crippen molar-refractivity contribution in [2.75, 3.05) is 5.32 Å². The summed E-state index contributed by atoms with van der Waals surface area (Å²) < 4.78 is 15.6. The number of hydrogen-bond acceptors (Lipinski definition) is 4. The summed E-state index contributed by atoms with van der Waals surface area (Å²) in [6, 6.07) is 3.79. The van der Waals surface area contributed by atoms with Gasteiger partial charge >= 0.3 is 0 Å². The number of nitro groups is 1. The van der Waals surface area contributed by atoms with Crippen molar-refractivity contribution in [3.63, 3.8) is 0 Å². The van der Waals surface area contributed by atoms with Crippen LogP contribution in [0, 0.1) is 15.9 Å². The van der Waals surface area contributed by atoms with Crippen molar-refractivity contribution in [1.82, 2.24) is 9.55 Å². The quantitative estimate of drug-likeness (QED) is 0.651. The summed E-state index contributed by atoms with van der Waals surface area (Å²) in [4.78, 5) is 14.3. The van der Waals surface area contributed by atoms with Crippen LogP contribution < -0.4 is 5.32 Å². The first-order valence-electron chi connectivity index (χ1n) is 6.29. The standard InChI is InChI=1S/C13H15FN4O2/c1-2-6-17-9-15-7-10(17)8-16-13-11(14)4-3-5-12(13)18(19)20/h3-5,7,9,16H,2,6,8H2,1H3. The van der Waals surface area contributed by atoms with Crippen LogP contribution in [0.1, 0.15) is 19.0 Å². The molecule has 2 aromatic rings. The van der Waals surface area contributed by atoms with Gasteiger partial charge in [0.05, 0.1) is 23.5 Å². The van der Waals surface area contributed by atoms with Gasteiger partial charge in [-0.2, -0.15) is 0 Å². The van der Waals surface area contributed by atoms with Crippen molar-refractivity contribution >= 4 is 11.4 Å². The summed E-state index contributed by atoms with van der Waals surface area (Å²) in [5.41, 5.74) is 0.484. The topological polar surface area (TPSA) is 73.0 Å². The predicted molar refractivity (Wildman–Crippen MR) is 72.9 cm³/mol. The lowest BCUT2D eigenvalue weighted by atomic mass is 10.2. The Labute approximate surface area is 115 Å². The molecule has 0 atom stereocenters. The molecule has 0 aliphatic heterocycles. The smallest absolute Gasteiger partial charge is 0.295 e. The SMILES string of the molecule is CCCn1cncc1CNc1c(F)cccc1[N+](=O)[O-]. The van der Waals surface area contributed by atoms with E-state index in [4.69, 9.17) is 0 Å². The molecule has 106 valence electrons. The molecule has 0 saturated heterocycles. The summed E-state index contributed by atoms with van der Waals surface area (Å²) in [6.07, 6.45) is 4.30. The number of nitrogens with zero attached hydrogens (tertiary/aromatic N) is 3. The Morgan fingerprint density at radius 3 is 3.00 bits per heavy atom. The number of aromatic nitrogens is 2. The number of para-hydroxylation sites is 1. The molecule has 0 fully saturated rings. The third kappa shape index (κ3) is 2.93. The highest BCUT2D eigenvalue weighted by Crippen LogP contribution is 2.27. The lowest BCUT2D eigenvalue weighted by Gasteiger charge is -2.10. The Morgan fingerprint density at radius 1 is 1.50 bits per heavy atom. The number of nitrogens with one attached hydrogen (secondary N) is 1. The van der Waals surface area contributed by atoms with Gasteiger partial charge in [0.25, 0.3) is 5.69 Å². The minimum Gasteiger partial charge on any atom is -0.371 e. The van der Waals surface area contributed by atoms with Gasteiger partial charge in [0, 0.05) is 18.8 Å². The molecule has 0 aliphatic rings. The van der Waals surface area contributed by atoms with Crippen LogP contribution in [0.25, 0.3) is 0 Å². The first-order chi connectivity index (χ1) is 9.63. The molecule has 0 spiro atoms. The molecular formula is C13H15FN4O2. The average molecular weight is 278 g/mol. The van der Waals surface area contributed by atoms with Crippen molar-refractivity contribution in [2.45, 2.75) is 26.4 Å². The van der Waals surface area contributed by atoms with Crippen molar-refractivity contribution < 1.29 is 9.31 Å². The molecule has 0 aliphatic carbocycles. The summed E-state index contributed by atoms with van der Waals surface area (Å²) in [6.45, 7) is 3.12. The zero-order valence-corrected chi connectivity index (χ0v) is 11.0. The highest BCUT2D eigenvalue weighted by atomic mass is 19.1. The second-order valence-electron chi connectivity index (χ2n) is 4.32. The van der Waals surface area contributed by atoms with Crippen LogP contribution in [0.3, 0.4) is 0 Å². The van der Waals surface area contributed by atoms with Crippen LogP contribution in [0.4, 0.5) is 15.8 Å².